The molecule has 1 N–H and O–H groups in total. The molecule has 1 fully saturated rings. The molecular formula is C11H19N3OS. The number of nitrogens with zero attached hydrogens (tertiary/aromatic N) is 3. The average Bonchev–Trinajstić information content (AvgIpc) is 2.69. The maximum absolute atomic E-state index is 8.93. The van der Waals surface area contributed by atoms with E-state index in [1.165, 1.54) is 30.8 Å². The summed E-state index contributed by atoms with van der Waals surface area (Å²) in [5.74, 6) is 0.938. The Morgan fingerprint density at radius 1 is 1.50 bits per heavy atom. The zero-order valence-corrected chi connectivity index (χ0v) is 10.5. The Bertz CT molecular complexity index is 325. The van der Waals surface area contributed by atoms with Crippen molar-refractivity contribution in [3.05, 3.63) is 5.82 Å². The fourth-order valence-electron chi connectivity index (χ4n) is 1.88. The minimum atomic E-state index is 0.253. The zero-order valence-electron chi connectivity index (χ0n) is 9.72. The summed E-state index contributed by atoms with van der Waals surface area (Å²) in [6.45, 7) is 3.23. The Hall–Kier alpha value is -0.680. The number of aromatic nitrogens is 2. The van der Waals surface area contributed by atoms with Gasteiger partial charge in [-0.2, -0.15) is 4.37 Å². The molecule has 0 aliphatic heterocycles. The van der Waals surface area contributed by atoms with Crippen LogP contribution in [0.25, 0.3) is 0 Å². The van der Waals surface area contributed by atoms with Crippen LogP contribution in [0.5, 0.6) is 0 Å². The highest BCUT2D eigenvalue weighted by Gasteiger charge is 2.26. The molecule has 16 heavy (non-hydrogen) atoms. The van der Waals surface area contributed by atoms with Gasteiger partial charge in [0.2, 0.25) is 5.13 Å². The van der Waals surface area contributed by atoms with Crippen LogP contribution in [0.2, 0.25) is 0 Å². The molecule has 0 amide bonds. The number of aliphatic hydroxyl groups excluding tert-OH is 1. The molecule has 1 heterocycles. The van der Waals surface area contributed by atoms with Gasteiger partial charge in [0.1, 0.15) is 5.82 Å². The first-order chi connectivity index (χ1) is 7.85. The Kier molecular flexibility index (Phi) is 4.12. The molecule has 5 heteroatoms. The third-order valence-corrected chi connectivity index (χ3v) is 3.88. The molecule has 0 aromatic carbocycles. The molecule has 0 saturated heterocycles. The van der Waals surface area contributed by atoms with Gasteiger partial charge in [0.05, 0.1) is 0 Å². The molecule has 1 saturated carbocycles. The lowest BCUT2D eigenvalue weighted by Gasteiger charge is -2.37. The topological polar surface area (TPSA) is 49.2 Å². The van der Waals surface area contributed by atoms with Crippen molar-refractivity contribution in [2.45, 2.75) is 45.1 Å². The highest BCUT2D eigenvalue weighted by atomic mass is 32.1. The lowest BCUT2D eigenvalue weighted by Crippen LogP contribution is -2.41. The number of anilines is 1. The van der Waals surface area contributed by atoms with Crippen molar-refractivity contribution >= 4 is 16.7 Å². The van der Waals surface area contributed by atoms with E-state index in [0.29, 0.717) is 6.04 Å². The first-order valence-electron chi connectivity index (χ1n) is 6.05. The summed E-state index contributed by atoms with van der Waals surface area (Å²) in [6, 6.07) is 0.629. The summed E-state index contributed by atoms with van der Waals surface area (Å²) in [5.41, 5.74) is 0. The van der Waals surface area contributed by atoms with Gasteiger partial charge in [-0.05, 0) is 25.7 Å². The molecule has 1 aromatic heterocycles. The Morgan fingerprint density at radius 3 is 2.81 bits per heavy atom. The molecule has 4 nitrogen and oxygen atoms in total. The summed E-state index contributed by atoms with van der Waals surface area (Å²) in [4.78, 5) is 6.87. The molecule has 0 unspecified atom stereocenters. The number of hydrogen-bond acceptors (Lipinski definition) is 5. The van der Waals surface area contributed by atoms with E-state index in [9.17, 15) is 0 Å². The molecule has 1 aliphatic carbocycles. The van der Waals surface area contributed by atoms with Crippen LogP contribution in [-0.2, 0) is 6.42 Å². The first-order valence-corrected chi connectivity index (χ1v) is 6.82. The lowest BCUT2D eigenvalue weighted by molar-refractivity contribution is 0.283. The van der Waals surface area contributed by atoms with Gasteiger partial charge in [-0.3, -0.25) is 0 Å². The van der Waals surface area contributed by atoms with Crippen LogP contribution in [-0.4, -0.2) is 33.7 Å². The van der Waals surface area contributed by atoms with Crippen LogP contribution in [0.3, 0.4) is 0 Å². The Morgan fingerprint density at radius 2 is 2.31 bits per heavy atom. The van der Waals surface area contributed by atoms with Crippen molar-refractivity contribution in [2.24, 2.45) is 0 Å². The second-order valence-electron chi connectivity index (χ2n) is 4.20. The molecule has 1 aromatic rings. The minimum Gasteiger partial charge on any atom is -0.396 e. The Balaban J connectivity index is 2.04. The van der Waals surface area contributed by atoms with Gasteiger partial charge >= 0.3 is 0 Å². The largest absolute Gasteiger partial charge is 0.396 e. The fourth-order valence-corrected chi connectivity index (χ4v) is 2.73. The standard InChI is InChI=1S/C11H19N3OS/c1-2-10-12-11(16-13-10)14(7-4-8-15)9-5-3-6-9/h9,15H,2-8H2,1H3. The third kappa shape index (κ3) is 2.52. The van der Waals surface area contributed by atoms with Gasteiger partial charge in [-0.25, -0.2) is 4.98 Å². The second kappa shape index (κ2) is 5.59. The van der Waals surface area contributed by atoms with Crippen LogP contribution >= 0.6 is 11.5 Å². The zero-order chi connectivity index (χ0) is 11.4. The molecule has 0 atom stereocenters. The number of rotatable bonds is 6. The van der Waals surface area contributed by atoms with E-state index in [0.717, 1.165) is 30.3 Å². The summed E-state index contributed by atoms with van der Waals surface area (Å²) >= 11 is 1.49. The van der Waals surface area contributed by atoms with Gasteiger partial charge in [0.25, 0.3) is 0 Å². The van der Waals surface area contributed by atoms with Crippen molar-refractivity contribution in [3.63, 3.8) is 0 Å². The van der Waals surface area contributed by atoms with Crippen molar-refractivity contribution < 1.29 is 5.11 Å². The minimum absolute atomic E-state index is 0.253. The van der Waals surface area contributed by atoms with Crippen molar-refractivity contribution in [1.82, 2.24) is 9.36 Å². The molecule has 0 bridgehead atoms. The normalized spacial score (nSPS) is 16.1. The van der Waals surface area contributed by atoms with Gasteiger partial charge < -0.3 is 10.0 Å². The van der Waals surface area contributed by atoms with Crippen LogP contribution in [0.15, 0.2) is 0 Å². The third-order valence-electron chi connectivity index (χ3n) is 3.09. The predicted octanol–water partition coefficient (Wildman–Crippen LogP) is 1.84. The summed E-state index contributed by atoms with van der Waals surface area (Å²) < 4.78 is 4.33. The summed E-state index contributed by atoms with van der Waals surface area (Å²) in [7, 11) is 0. The van der Waals surface area contributed by atoms with Gasteiger partial charge in [0, 0.05) is 37.1 Å². The first kappa shape index (κ1) is 11.8. The van der Waals surface area contributed by atoms with E-state index < -0.39 is 0 Å². The number of aliphatic hydroxyl groups is 1. The molecule has 0 spiro atoms. The van der Waals surface area contributed by atoms with E-state index in [1.807, 2.05) is 0 Å². The second-order valence-corrected chi connectivity index (χ2v) is 4.93. The van der Waals surface area contributed by atoms with Crippen LogP contribution in [0.1, 0.15) is 38.4 Å². The average molecular weight is 241 g/mol. The summed E-state index contributed by atoms with van der Waals surface area (Å²) in [5, 5.41) is 9.96. The van der Waals surface area contributed by atoms with Crippen molar-refractivity contribution in [2.75, 3.05) is 18.1 Å². The molecule has 90 valence electrons. The molecular weight excluding hydrogens is 222 g/mol. The maximum Gasteiger partial charge on any atom is 0.205 e. The van der Waals surface area contributed by atoms with Crippen molar-refractivity contribution in [3.8, 4) is 0 Å². The smallest absolute Gasteiger partial charge is 0.205 e. The number of hydrogen-bond donors (Lipinski definition) is 1. The highest BCUT2D eigenvalue weighted by Crippen LogP contribution is 2.30. The lowest BCUT2D eigenvalue weighted by atomic mass is 9.92. The number of aryl methyl sites for hydroxylation is 1. The monoisotopic (exact) mass is 241 g/mol. The van der Waals surface area contributed by atoms with Gasteiger partial charge in [-0.1, -0.05) is 6.92 Å². The van der Waals surface area contributed by atoms with E-state index in [2.05, 4.69) is 21.2 Å². The van der Waals surface area contributed by atoms with Crippen LogP contribution in [0, 0.1) is 0 Å². The van der Waals surface area contributed by atoms with E-state index in [-0.39, 0.29) is 6.61 Å². The van der Waals surface area contributed by atoms with Crippen LogP contribution in [0.4, 0.5) is 5.13 Å². The van der Waals surface area contributed by atoms with E-state index >= 15 is 0 Å². The molecule has 2 rings (SSSR count). The van der Waals surface area contributed by atoms with Crippen LogP contribution < -0.4 is 4.90 Å². The maximum atomic E-state index is 8.93. The van der Waals surface area contributed by atoms with Crippen molar-refractivity contribution in [1.29, 1.82) is 0 Å². The SMILES string of the molecule is CCc1nsc(N(CCCO)C2CCC2)n1. The quantitative estimate of drug-likeness (QED) is 0.825. The summed E-state index contributed by atoms with van der Waals surface area (Å²) in [6.07, 6.45) is 5.55. The fraction of sp³-hybridized carbons (Fsp3) is 0.818. The molecule has 1 aliphatic rings. The molecule has 0 radical (unpaired) electrons. The van der Waals surface area contributed by atoms with Gasteiger partial charge in [-0.15, -0.1) is 0 Å². The predicted molar refractivity (Wildman–Crippen MR) is 66.0 cm³/mol. The highest BCUT2D eigenvalue weighted by molar-refractivity contribution is 7.09. The van der Waals surface area contributed by atoms with E-state index in [1.54, 1.807) is 0 Å². The van der Waals surface area contributed by atoms with Gasteiger partial charge in [0.15, 0.2) is 0 Å². The van der Waals surface area contributed by atoms with E-state index in [4.69, 9.17) is 5.11 Å². The Labute approximate surface area is 100 Å².